The SMILES string of the molecule is CC(CO)C(C)NCc1ncncc1C(=O)O. The minimum absolute atomic E-state index is 0.0802. The van der Waals surface area contributed by atoms with Crippen LogP contribution in [0.1, 0.15) is 29.9 Å². The predicted octanol–water partition coefficient (Wildman–Crippen LogP) is 0.281. The molecule has 1 rings (SSSR count). The summed E-state index contributed by atoms with van der Waals surface area (Å²) < 4.78 is 0. The van der Waals surface area contributed by atoms with Crippen molar-refractivity contribution in [1.29, 1.82) is 0 Å². The quantitative estimate of drug-likeness (QED) is 0.660. The van der Waals surface area contributed by atoms with Crippen LogP contribution in [-0.4, -0.2) is 38.8 Å². The number of hydrogen-bond acceptors (Lipinski definition) is 5. The first kappa shape index (κ1) is 13.5. The first-order valence-electron chi connectivity index (χ1n) is 5.42. The molecule has 0 aliphatic heterocycles. The molecule has 1 aromatic heterocycles. The van der Waals surface area contributed by atoms with Crippen LogP contribution in [0.4, 0.5) is 0 Å². The molecule has 0 saturated heterocycles. The van der Waals surface area contributed by atoms with Crippen LogP contribution >= 0.6 is 0 Å². The van der Waals surface area contributed by atoms with E-state index in [1.807, 2.05) is 13.8 Å². The maximum atomic E-state index is 10.9. The van der Waals surface area contributed by atoms with Gasteiger partial charge < -0.3 is 15.5 Å². The lowest BCUT2D eigenvalue weighted by atomic mass is 10.1. The smallest absolute Gasteiger partial charge is 0.339 e. The van der Waals surface area contributed by atoms with Gasteiger partial charge in [-0.2, -0.15) is 0 Å². The number of aliphatic hydroxyl groups excluding tert-OH is 1. The van der Waals surface area contributed by atoms with E-state index in [1.165, 1.54) is 12.5 Å². The van der Waals surface area contributed by atoms with Gasteiger partial charge in [-0.05, 0) is 12.8 Å². The van der Waals surface area contributed by atoms with Crippen LogP contribution in [0.5, 0.6) is 0 Å². The summed E-state index contributed by atoms with van der Waals surface area (Å²) in [5, 5.41) is 21.1. The van der Waals surface area contributed by atoms with Gasteiger partial charge in [0.25, 0.3) is 0 Å². The van der Waals surface area contributed by atoms with Gasteiger partial charge in [-0.25, -0.2) is 14.8 Å². The topological polar surface area (TPSA) is 95.3 Å². The maximum absolute atomic E-state index is 10.9. The van der Waals surface area contributed by atoms with Crippen molar-refractivity contribution in [3.63, 3.8) is 0 Å². The van der Waals surface area contributed by atoms with Gasteiger partial charge in [0, 0.05) is 25.4 Å². The molecule has 0 bridgehead atoms. The molecule has 0 spiro atoms. The highest BCUT2D eigenvalue weighted by Gasteiger charge is 2.14. The van der Waals surface area contributed by atoms with E-state index in [4.69, 9.17) is 10.2 Å². The largest absolute Gasteiger partial charge is 0.478 e. The summed E-state index contributed by atoms with van der Waals surface area (Å²) in [5.74, 6) is -0.935. The second-order valence-electron chi connectivity index (χ2n) is 4.02. The second kappa shape index (κ2) is 6.27. The number of hydrogen-bond donors (Lipinski definition) is 3. The zero-order valence-corrected chi connectivity index (χ0v) is 9.92. The van der Waals surface area contributed by atoms with E-state index in [0.29, 0.717) is 12.2 Å². The van der Waals surface area contributed by atoms with Crippen LogP contribution in [-0.2, 0) is 6.54 Å². The molecule has 3 N–H and O–H groups in total. The number of nitrogens with one attached hydrogen (secondary N) is 1. The molecule has 0 aliphatic carbocycles. The van der Waals surface area contributed by atoms with Crippen molar-refractivity contribution in [3.05, 3.63) is 23.8 Å². The zero-order chi connectivity index (χ0) is 12.8. The van der Waals surface area contributed by atoms with Gasteiger partial charge in [0.2, 0.25) is 0 Å². The molecule has 2 atom stereocenters. The van der Waals surface area contributed by atoms with E-state index in [9.17, 15) is 4.79 Å². The standard InChI is InChI=1S/C11H17N3O3/c1-7(5-15)8(2)13-4-10-9(11(16)17)3-12-6-14-10/h3,6-8,13,15H,4-5H2,1-2H3,(H,16,17). The van der Waals surface area contributed by atoms with E-state index >= 15 is 0 Å². The number of rotatable bonds is 6. The van der Waals surface area contributed by atoms with Gasteiger partial charge in [-0.1, -0.05) is 6.92 Å². The van der Waals surface area contributed by atoms with Crippen molar-refractivity contribution in [3.8, 4) is 0 Å². The van der Waals surface area contributed by atoms with E-state index in [0.717, 1.165) is 0 Å². The summed E-state index contributed by atoms with van der Waals surface area (Å²) in [6.45, 7) is 4.28. The molecule has 17 heavy (non-hydrogen) atoms. The Balaban J connectivity index is 2.66. The number of nitrogens with zero attached hydrogens (tertiary/aromatic N) is 2. The summed E-state index contributed by atoms with van der Waals surface area (Å²) in [6.07, 6.45) is 2.61. The molecule has 0 fully saturated rings. The Labute approximate surface area is 99.7 Å². The first-order valence-corrected chi connectivity index (χ1v) is 5.42. The molecule has 1 aromatic rings. The Hall–Kier alpha value is -1.53. The lowest BCUT2D eigenvalue weighted by molar-refractivity contribution is 0.0694. The van der Waals surface area contributed by atoms with Crippen LogP contribution in [0.2, 0.25) is 0 Å². The molecule has 94 valence electrons. The zero-order valence-electron chi connectivity index (χ0n) is 9.92. The molecule has 6 nitrogen and oxygen atoms in total. The first-order chi connectivity index (χ1) is 8.06. The monoisotopic (exact) mass is 239 g/mol. The van der Waals surface area contributed by atoms with Crippen molar-refractivity contribution in [2.45, 2.75) is 26.4 Å². The highest BCUT2D eigenvalue weighted by Crippen LogP contribution is 2.06. The molecule has 6 heteroatoms. The lowest BCUT2D eigenvalue weighted by Gasteiger charge is -2.19. The van der Waals surface area contributed by atoms with E-state index in [1.54, 1.807) is 0 Å². The van der Waals surface area contributed by atoms with Crippen molar-refractivity contribution in [1.82, 2.24) is 15.3 Å². The number of carbonyl (C=O) groups is 1. The van der Waals surface area contributed by atoms with Gasteiger partial charge in [0.1, 0.15) is 11.9 Å². The number of aromatic carboxylic acids is 1. The highest BCUT2D eigenvalue weighted by molar-refractivity contribution is 5.88. The van der Waals surface area contributed by atoms with Crippen LogP contribution in [0.25, 0.3) is 0 Å². The van der Waals surface area contributed by atoms with Gasteiger partial charge in [0.05, 0.1) is 5.69 Å². The van der Waals surface area contributed by atoms with E-state index < -0.39 is 5.97 Å². The fraction of sp³-hybridized carbons (Fsp3) is 0.545. The van der Waals surface area contributed by atoms with Crippen LogP contribution in [0.3, 0.4) is 0 Å². The van der Waals surface area contributed by atoms with Crippen LogP contribution in [0.15, 0.2) is 12.5 Å². The molecule has 0 amide bonds. The Bertz CT molecular complexity index is 384. The number of aromatic nitrogens is 2. The summed E-state index contributed by atoms with van der Waals surface area (Å²) in [6, 6.07) is 0.0802. The Morgan fingerprint density at radius 2 is 2.24 bits per heavy atom. The number of carboxylic acids is 1. The van der Waals surface area contributed by atoms with E-state index in [-0.39, 0.29) is 24.1 Å². The predicted molar refractivity (Wildman–Crippen MR) is 61.5 cm³/mol. The molecular formula is C11H17N3O3. The minimum atomic E-state index is -1.04. The van der Waals surface area contributed by atoms with Crippen LogP contribution < -0.4 is 5.32 Å². The van der Waals surface area contributed by atoms with Gasteiger partial charge in [0.15, 0.2) is 0 Å². The Morgan fingerprint density at radius 3 is 2.82 bits per heavy atom. The summed E-state index contributed by atoms with van der Waals surface area (Å²) in [7, 11) is 0. The normalized spacial score (nSPS) is 14.3. The summed E-state index contributed by atoms with van der Waals surface area (Å²) in [4.78, 5) is 18.5. The average Bonchev–Trinajstić information content (AvgIpc) is 2.35. The molecule has 0 saturated carbocycles. The number of carboxylic acid groups (broad SMARTS) is 1. The van der Waals surface area contributed by atoms with E-state index in [2.05, 4.69) is 15.3 Å². The maximum Gasteiger partial charge on any atom is 0.339 e. The third-order valence-electron chi connectivity index (χ3n) is 2.76. The molecular weight excluding hydrogens is 222 g/mol. The van der Waals surface area contributed by atoms with Crippen LogP contribution in [0, 0.1) is 5.92 Å². The van der Waals surface area contributed by atoms with Gasteiger partial charge in [-0.15, -0.1) is 0 Å². The molecule has 0 aliphatic rings. The highest BCUT2D eigenvalue weighted by atomic mass is 16.4. The van der Waals surface area contributed by atoms with Crippen molar-refractivity contribution >= 4 is 5.97 Å². The third-order valence-corrected chi connectivity index (χ3v) is 2.76. The lowest BCUT2D eigenvalue weighted by Crippen LogP contribution is -2.34. The molecule has 0 radical (unpaired) electrons. The summed E-state index contributed by atoms with van der Waals surface area (Å²) >= 11 is 0. The molecule has 2 unspecified atom stereocenters. The third kappa shape index (κ3) is 3.76. The minimum Gasteiger partial charge on any atom is -0.478 e. The fourth-order valence-corrected chi connectivity index (χ4v) is 1.29. The van der Waals surface area contributed by atoms with Crippen molar-refractivity contribution in [2.24, 2.45) is 5.92 Å². The fourth-order valence-electron chi connectivity index (χ4n) is 1.29. The van der Waals surface area contributed by atoms with Gasteiger partial charge in [-0.3, -0.25) is 0 Å². The number of aliphatic hydroxyl groups is 1. The Morgan fingerprint density at radius 1 is 1.53 bits per heavy atom. The van der Waals surface area contributed by atoms with Crippen molar-refractivity contribution in [2.75, 3.05) is 6.61 Å². The summed E-state index contributed by atoms with van der Waals surface area (Å²) in [5.41, 5.74) is 0.549. The molecule has 0 aromatic carbocycles. The average molecular weight is 239 g/mol. The molecule has 1 heterocycles. The van der Waals surface area contributed by atoms with Gasteiger partial charge >= 0.3 is 5.97 Å². The Kier molecular flexibility index (Phi) is 4.99. The van der Waals surface area contributed by atoms with Crippen molar-refractivity contribution < 1.29 is 15.0 Å². The second-order valence-corrected chi connectivity index (χ2v) is 4.02.